The lowest BCUT2D eigenvalue weighted by Gasteiger charge is -2.15. The van der Waals surface area contributed by atoms with Crippen molar-refractivity contribution >= 4 is 34.7 Å². The predicted molar refractivity (Wildman–Crippen MR) is 114 cm³/mol. The van der Waals surface area contributed by atoms with Crippen LogP contribution in [0.15, 0.2) is 46.9 Å². The number of hydrogen-bond donors (Lipinski definition) is 1. The van der Waals surface area contributed by atoms with Crippen molar-refractivity contribution in [2.75, 3.05) is 11.1 Å². The average molecular weight is 401 g/mol. The highest BCUT2D eigenvalue weighted by Gasteiger charge is 2.16. The first-order valence-electron chi connectivity index (χ1n) is 9.12. The summed E-state index contributed by atoms with van der Waals surface area (Å²) in [7, 11) is 0. The minimum absolute atomic E-state index is 0.0286. The predicted octanol–water partition coefficient (Wildman–Crippen LogP) is 5.27. The molecule has 0 aliphatic carbocycles. The second-order valence-electron chi connectivity index (χ2n) is 6.26. The normalized spacial score (nSPS) is 12.1. The maximum Gasteiger partial charge on any atom is 0.234 e. The van der Waals surface area contributed by atoms with Crippen LogP contribution in [0.1, 0.15) is 38.7 Å². The van der Waals surface area contributed by atoms with Crippen molar-refractivity contribution in [1.29, 1.82) is 0 Å². The van der Waals surface area contributed by atoms with Crippen molar-refractivity contribution in [3.05, 3.63) is 47.3 Å². The fourth-order valence-electron chi connectivity index (χ4n) is 2.85. The molecule has 0 saturated carbocycles. The van der Waals surface area contributed by atoms with E-state index in [1.54, 1.807) is 11.3 Å². The number of thioether (sulfide) groups is 1. The van der Waals surface area contributed by atoms with E-state index in [0.29, 0.717) is 11.7 Å². The molecule has 0 unspecified atom stereocenters. The van der Waals surface area contributed by atoms with E-state index >= 15 is 0 Å². The number of amides is 1. The maximum absolute atomic E-state index is 12.5. The first-order valence-corrected chi connectivity index (χ1v) is 11.0. The minimum Gasteiger partial charge on any atom is -0.325 e. The van der Waals surface area contributed by atoms with Gasteiger partial charge < -0.3 is 9.88 Å². The minimum atomic E-state index is -0.0286. The molecular formula is C20H24N4OS2. The number of benzene rings is 1. The Morgan fingerprint density at radius 3 is 2.74 bits per heavy atom. The van der Waals surface area contributed by atoms with E-state index in [-0.39, 0.29) is 5.91 Å². The molecular weight excluding hydrogens is 376 g/mol. The molecule has 0 aliphatic heterocycles. The monoisotopic (exact) mass is 400 g/mol. The Labute approximate surface area is 168 Å². The molecule has 0 aliphatic rings. The summed E-state index contributed by atoms with van der Waals surface area (Å²) in [5, 5.41) is 14.4. The number of para-hydroxylation sites is 1. The fourth-order valence-corrected chi connectivity index (χ4v) is 4.37. The first kappa shape index (κ1) is 19.6. The van der Waals surface area contributed by atoms with E-state index in [1.165, 1.54) is 17.3 Å². The van der Waals surface area contributed by atoms with Gasteiger partial charge in [0.05, 0.1) is 10.6 Å². The number of rotatable bonds is 8. The molecule has 142 valence electrons. The Balaban J connectivity index is 1.67. The fraction of sp³-hybridized carbons (Fsp3) is 0.350. The van der Waals surface area contributed by atoms with Crippen LogP contribution in [0.3, 0.4) is 0 Å². The zero-order valence-corrected chi connectivity index (χ0v) is 17.4. The number of aromatic nitrogens is 3. The quantitative estimate of drug-likeness (QED) is 0.523. The second-order valence-corrected chi connectivity index (χ2v) is 8.15. The highest BCUT2D eigenvalue weighted by atomic mass is 32.2. The van der Waals surface area contributed by atoms with Gasteiger partial charge in [-0.15, -0.1) is 21.5 Å². The van der Waals surface area contributed by atoms with Gasteiger partial charge in [-0.2, -0.15) is 0 Å². The van der Waals surface area contributed by atoms with Gasteiger partial charge in [-0.05, 0) is 42.3 Å². The third-order valence-electron chi connectivity index (χ3n) is 4.49. The highest BCUT2D eigenvalue weighted by Crippen LogP contribution is 2.28. The molecule has 1 aromatic carbocycles. The Hall–Kier alpha value is -2.12. The molecule has 7 heteroatoms. The van der Waals surface area contributed by atoms with Gasteiger partial charge in [-0.3, -0.25) is 4.79 Å². The van der Waals surface area contributed by atoms with Crippen LogP contribution in [0.4, 0.5) is 5.69 Å². The first-order chi connectivity index (χ1) is 13.1. The SMILES string of the molecule is CC[C@H](C)c1ccccc1NC(=O)CSc1nnc(-c2cccs2)n1CC. The van der Waals surface area contributed by atoms with Gasteiger partial charge >= 0.3 is 0 Å². The number of carbonyl (C=O) groups excluding carboxylic acids is 1. The van der Waals surface area contributed by atoms with Gasteiger partial charge in [0, 0.05) is 12.2 Å². The van der Waals surface area contributed by atoms with Gasteiger partial charge in [0.15, 0.2) is 11.0 Å². The second kappa shape index (κ2) is 9.19. The summed E-state index contributed by atoms with van der Waals surface area (Å²) in [6.07, 6.45) is 1.03. The Morgan fingerprint density at radius 1 is 1.22 bits per heavy atom. The Morgan fingerprint density at radius 2 is 2.04 bits per heavy atom. The molecule has 5 nitrogen and oxygen atoms in total. The largest absolute Gasteiger partial charge is 0.325 e. The number of carbonyl (C=O) groups is 1. The van der Waals surface area contributed by atoms with E-state index in [4.69, 9.17) is 0 Å². The summed E-state index contributed by atoms with van der Waals surface area (Å²) in [5.74, 6) is 1.54. The van der Waals surface area contributed by atoms with Gasteiger partial charge in [-0.25, -0.2) is 0 Å². The van der Waals surface area contributed by atoms with E-state index in [2.05, 4.69) is 46.9 Å². The Kier molecular flexibility index (Phi) is 6.68. The lowest BCUT2D eigenvalue weighted by molar-refractivity contribution is -0.113. The van der Waals surface area contributed by atoms with Crippen LogP contribution in [-0.4, -0.2) is 26.4 Å². The van der Waals surface area contributed by atoms with E-state index in [0.717, 1.165) is 34.5 Å². The van der Waals surface area contributed by atoms with Crippen LogP contribution in [0.2, 0.25) is 0 Å². The topological polar surface area (TPSA) is 59.8 Å². The van der Waals surface area contributed by atoms with Gasteiger partial charge in [0.25, 0.3) is 0 Å². The molecule has 27 heavy (non-hydrogen) atoms. The zero-order chi connectivity index (χ0) is 19.2. The molecule has 0 fully saturated rings. The van der Waals surface area contributed by atoms with Crippen molar-refractivity contribution in [3.63, 3.8) is 0 Å². The molecule has 0 radical (unpaired) electrons. The molecule has 1 atom stereocenters. The van der Waals surface area contributed by atoms with Crippen LogP contribution in [-0.2, 0) is 11.3 Å². The summed E-state index contributed by atoms with van der Waals surface area (Å²) in [6.45, 7) is 7.16. The smallest absolute Gasteiger partial charge is 0.234 e. The standard InChI is InChI=1S/C20H24N4OS2/c1-4-14(3)15-9-6-7-10-16(15)21-18(25)13-27-20-23-22-19(24(20)5-2)17-11-8-12-26-17/h6-12,14H,4-5,13H2,1-3H3,(H,21,25)/t14-/m0/s1. The number of anilines is 1. The Bertz CT molecular complexity index is 889. The molecule has 2 heterocycles. The van der Waals surface area contributed by atoms with Gasteiger partial charge in [0.1, 0.15) is 0 Å². The summed E-state index contributed by atoms with van der Waals surface area (Å²) in [6, 6.07) is 12.1. The molecule has 2 aromatic heterocycles. The van der Waals surface area contributed by atoms with Crippen LogP contribution >= 0.6 is 23.1 Å². The van der Waals surface area contributed by atoms with Gasteiger partial charge in [0.2, 0.25) is 5.91 Å². The summed E-state index contributed by atoms with van der Waals surface area (Å²) in [5.41, 5.74) is 2.07. The number of hydrogen-bond acceptors (Lipinski definition) is 5. The van der Waals surface area contributed by atoms with Crippen LogP contribution in [0.5, 0.6) is 0 Å². The van der Waals surface area contributed by atoms with E-state index in [1.807, 2.05) is 35.7 Å². The van der Waals surface area contributed by atoms with Crippen LogP contribution in [0, 0.1) is 0 Å². The van der Waals surface area contributed by atoms with Crippen molar-refractivity contribution in [2.45, 2.75) is 44.8 Å². The van der Waals surface area contributed by atoms with Crippen molar-refractivity contribution in [3.8, 4) is 10.7 Å². The third-order valence-corrected chi connectivity index (χ3v) is 6.32. The third kappa shape index (κ3) is 4.59. The molecule has 1 N–H and O–H groups in total. The maximum atomic E-state index is 12.5. The number of nitrogens with one attached hydrogen (secondary N) is 1. The van der Waals surface area contributed by atoms with Crippen LogP contribution < -0.4 is 5.32 Å². The molecule has 3 rings (SSSR count). The molecule has 1 amide bonds. The highest BCUT2D eigenvalue weighted by molar-refractivity contribution is 7.99. The molecule has 0 bridgehead atoms. The van der Waals surface area contributed by atoms with Gasteiger partial charge in [-0.1, -0.05) is 49.9 Å². The van der Waals surface area contributed by atoms with Crippen molar-refractivity contribution < 1.29 is 4.79 Å². The van der Waals surface area contributed by atoms with Crippen LogP contribution in [0.25, 0.3) is 10.7 Å². The average Bonchev–Trinajstić information content (AvgIpc) is 3.35. The van der Waals surface area contributed by atoms with E-state index in [9.17, 15) is 4.79 Å². The lowest BCUT2D eigenvalue weighted by Crippen LogP contribution is -2.16. The number of nitrogens with zero attached hydrogens (tertiary/aromatic N) is 3. The number of thiophene rings is 1. The molecule has 0 spiro atoms. The van der Waals surface area contributed by atoms with Crippen molar-refractivity contribution in [2.24, 2.45) is 0 Å². The lowest BCUT2D eigenvalue weighted by atomic mass is 9.97. The summed E-state index contributed by atoms with van der Waals surface area (Å²) >= 11 is 3.06. The summed E-state index contributed by atoms with van der Waals surface area (Å²) in [4.78, 5) is 13.6. The molecule has 0 saturated heterocycles. The summed E-state index contributed by atoms with van der Waals surface area (Å²) < 4.78 is 2.05. The van der Waals surface area contributed by atoms with E-state index < -0.39 is 0 Å². The molecule has 3 aromatic rings. The zero-order valence-electron chi connectivity index (χ0n) is 15.8. The van der Waals surface area contributed by atoms with Crippen molar-refractivity contribution in [1.82, 2.24) is 14.8 Å².